The van der Waals surface area contributed by atoms with Gasteiger partial charge in [-0.2, -0.15) is 0 Å². The predicted octanol–water partition coefficient (Wildman–Crippen LogP) is 7.99. The van der Waals surface area contributed by atoms with Crippen molar-refractivity contribution in [3.05, 3.63) is 88.5 Å². The zero-order valence-corrected chi connectivity index (χ0v) is 23.6. The number of carbonyl (C=O) groups is 1. The fourth-order valence-corrected chi connectivity index (χ4v) is 5.10. The van der Waals surface area contributed by atoms with Crippen LogP contribution in [0.1, 0.15) is 61.4 Å². The molecule has 1 aliphatic heterocycles. The molecule has 0 unspecified atom stereocenters. The first-order chi connectivity index (χ1) is 17.5. The number of amides is 1. The standard InChI is InChI=1S/C33H42N2O2/c1-23-11-13-30(14-12-23)35(31-15-17-34(18-16-31)32(36)37-33(5,6)7)22-27-9-8-10-28(21-27)29-19-24(2)26(4)25(3)20-29/h8-14,19-21,31H,15-18,22H2,1-7H3. The summed E-state index contributed by atoms with van der Waals surface area (Å²) in [5, 5.41) is 0. The van der Waals surface area contributed by atoms with E-state index in [-0.39, 0.29) is 6.09 Å². The molecule has 0 radical (unpaired) electrons. The highest BCUT2D eigenvalue weighted by Gasteiger charge is 2.30. The van der Waals surface area contributed by atoms with Crippen molar-refractivity contribution in [2.75, 3.05) is 18.0 Å². The number of hydrogen-bond acceptors (Lipinski definition) is 3. The highest BCUT2D eigenvalue weighted by atomic mass is 16.6. The molecule has 0 saturated carbocycles. The van der Waals surface area contributed by atoms with Crippen molar-refractivity contribution in [2.45, 2.75) is 79.5 Å². The quantitative estimate of drug-likeness (QED) is 0.357. The maximum atomic E-state index is 12.6. The molecular weight excluding hydrogens is 456 g/mol. The van der Waals surface area contributed by atoms with E-state index in [1.54, 1.807) is 0 Å². The monoisotopic (exact) mass is 498 g/mol. The fourth-order valence-electron chi connectivity index (χ4n) is 5.10. The lowest BCUT2D eigenvalue weighted by Crippen LogP contribution is -2.48. The van der Waals surface area contributed by atoms with Crippen LogP contribution in [0, 0.1) is 27.7 Å². The van der Waals surface area contributed by atoms with Gasteiger partial charge in [0.2, 0.25) is 0 Å². The zero-order chi connectivity index (χ0) is 26.7. The third kappa shape index (κ3) is 6.74. The maximum absolute atomic E-state index is 12.6. The first-order valence-electron chi connectivity index (χ1n) is 13.5. The molecule has 4 nitrogen and oxygen atoms in total. The Morgan fingerprint density at radius 2 is 1.51 bits per heavy atom. The van der Waals surface area contributed by atoms with Crippen molar-refractivity contribution in [1.82, 2.24) is 4.90 Å². The Morgan fingerprint density at radius 3 is 2.11 bits per heavy atom. The largest absolute Gasteiger partial charge is 0.444 e. The van der Waals surface area contributed by atoms with Crippen LogP contribution in [0.5, 0.6) is 0 Å². The molecule has 1 heterocycles. The first kappa shape index (κ1) is 26.8. The highest BCUT2D eigenvalue weighted by molar-refractivity contribution is 5.68. The summed E-state index contributed by atoms with van der Waals surface area (Å²) in [6, 6.07) is 22.7. The molecule has 1 saturated heterocycles. The second-order valence-electron chi connectivity index (χ2n) is 11.6. The Balaban J connectivity index is 1.56. The number of ether oxygens (including phenoxy) is 1. The normalized spacial score (nSPS) is 14.5. The number of rotatable bonds is 5. The summed E-state index contributed by atoms with van der Waals surface area (Å²) >= 11 is 0. The van der Waals surface area contributed by atoms with E-state index < -0.39 is 5.60 Å². The van der Waals surface area contributed by atoms with Gasteiger partial charge in [-0.15, -0.1) is 0 Å². The number of likely N-dealkylation sites (tertiary alicyclic amines) is 1. The van der Waals surface area contributed by atoms with Crippen LogP contribution < -0.4 is 4.90 Å². The van der Waals surface area contributed by atoms with E-state index in [2.05, 4.69) is 93.3 Å². The topological polar surface area (TPSA) is 32.8 Å². The van der Waals surface area contributed by atoms with E-state index in [0.717, 1.165) is 19.4 Å². The minimum atomic E-state index is -0.471. The predicted molar refractivity (Wildman–Crippen MR) is 154 cm³/mol. The van der Waals surface area contributed by atoms with E-state index in [9.17, 15) is 4.79 Å². The number of anilines is 1. The molecule has 0 aromatic heterocycles. The van der Waals surface area contributed by atoms with Crippen molar-refractivity contribution in [3.8, 4) is 11.1 Å². The van der Waals surface area contributed by atoms with E-state index >= 15 is 0 Å². The molecule has 1 aliphatic rings. The van der Waals surface area contributed by atoms with Gasteiger partial charge in [0.1, 0.15) is 5.60 Å². The highest BCUT2D eigenvalue weighted by Crippen LogP contribution is 2.30. The van der Waals surface area contributed by atoms with Gasteiger partial charge in [-0.25, -0.2) is 4.79 Å². The van der Waals surface area contributed by atoms with E-state index in [1.807, 2.05) is 25.7 Å². The molecule has 3 aromatic rings. The molecule has 0 bridgehead atoms. The average molecular weight is 499 g/mol. The molecule has 0 atom stereocenters. The summed E-state index contributed by atoms with van der Waals surface area (Å²) in [6.07, 6.45) is 1.64. The van der Waals surface area contributed by atoms with Crippen LogP contribution in [0.25, 0.3) is 11.1 Å². The molecular formula is C33H42N2O2. The van der Waals surface area contributed by atoms with Crippen LogP contribution in [0.4, 0.5) is 10.5 Å². The van der Waals surface area contributed by atoms with Crippen LogP contribution >= 0.6 is 0 Å². The van der Waals surface area contributed by atoms with Crippen LogP contribution in [0.2, 0.25) is 0 Å². The average Bonchev–Trinajstić information content (AvgIpc) is 2.85. The van der Waals surface area contributed by atoms with Gasteiger partial charge < -0.3 is 14.5 Å². The number of carbonyl (C=O) groups excluding carboxylic acids is 1. The van der Waals surface area contributed by atoms with Gasteiger partial charge in [0, 0.05) is 31.4 Å². The van der Waals surface area contributed by atoms with Crippen LogP contribution in [0.3, 0.4) is 0 Å². The number of benzene rings is 3. The summed E-state index contributed by atoms with van der Waals surface area (Å²) in [7, 11) is 0. The van der Waals surface area contributed by atoms with Crippen molar-refractivity contribution in [3.63, 3.8) is 0 Å². The number of hydrogen-bond donors (Lipinski definition) is 0. The molecule has 3 aromatic carbocycles. The van der Waals surface area contributed by atoms with Gasteiger partial charge in [-0.1, -0.05) is 48.0 Å². The lowest BCUT2D eigenvalue weighted by Gasteiger charge is -2.40. The van der Waals surface area contributed by atoms with Gasteiger partial charge in [0.05, 0.1) is 0 Å². The molecule has 37 heavy (non-hydrogen) atoms. The molecule has 4 rings (SSSR count). The Morgan fingerprint density at radius 1 is 0.892 bits per heavy atom. The maximum Gasteiger partial charge on any atom is 0.410 e. The molecule has 1 fully saturated rings. The zero-order valence-electron chi connectivity index (χ0n) is 23.6. The van der Waals surface area contributed by atoms with Crippen molar-refractivity contribution >= 4 is 11.8 Å². The second kappa shape index (κ2) is 11.0. The molecule has 1 amide bonds. The Hall–Kier alpha value is -3.27. The lowest BCUT2D eigenvalue weighted by atomic mass is 9.95. The van der Waals surface area contributed by atoms with Crippen LogP contribution in [-0.4, -0.2) is 35.7 Å². The molecule has 0 N–H and O–H groups in total. The minimum Gasteiger partial charge on any atom is -0.444 e. The molecule has 0 aliphatic carbocycles. The van der Waals surface area contributed by atoms with Crippen LogP contribution in [0.15, 0.2) is 60.7 Å². The lowest BCUT2D eigenvalue weighted by molar-refractivity contribution is 0.0204. The fraction of sp³-hybridized carbons (Fsp3) is 0.424. The summed E-state index contributed by atoms with van der Waals surface area (Å²) < 4.78 is 5.62. The molecule has 4 heteroatoms. The number of nitrogens with zero attached hydrogens (tertiary/aromatic N) is 2. The van der Waals surface area contributed by atoms with E-state index in [0.29, 0.717) is 19.1 Å². The van der Waals surface area contributed by atoms with Gasteiger partial charge in [-0.3, -0.25) is 0 Å². The second-order valence-corrected chi connectivity index (χ2v) is 11.6. The summed E-state index contributed by atoms with van der Waals surface area (Å²) in [5.74, 6) is 0. The van der Waals surface area contributed by atoms with Gasteiger partial charge in [-0.05, 0) is 113 Å². The smallest absolute Gasteiger partial charge is 0.410 e. The SMILES string of the molecule is Cc1ccc(N(Cc2cccc(-c3cc(C)c(C)c(C)c3)c2)C2CCN(C(=O)OC(C)(C)C)CC2)cc1. The summed E-state index contributed by atoms with van der Waals surface area (Å²) in [6.45, 7) is 16.7. The minimum absolute atomic E-state index is 0.204. The third-order valence-electron chi connectivity index (χ3n) is 7.46. The van der Waals surface area contributed by atoms with Gasteiger partial charge >= 0.3 is 6.09 Å². The molecule has 0 spiro atoms. The first-order valence-corrected chi connectivity index (χ1v) is 13.5. The van der Waals surface area contributed by atoms with E-state index in [1.165, 1.54) is 44.6 Å². The van der Waals surface area contributed by atoms with Gasteiger partial charge in [0.15, 0.2) is 0 Å². The Kier molecular flexibility index (Phi) is 7.96. The van der Waals surface area contributed by atoms with Crippen LogP contribution in [-0.2, 0) is 11.3 Å². The Bertz CT molecular complexity index is 1210. The summed E-state index contributed by atoms with van der Waals surface area (Å²) in [4.78, 5) is 17.0. The van der Waals surface area contributed by atoms with Crippen molar-refractivity contribution in [2.24, 2.45) is 0 Å². The Labute approximate surface area is 223 Å². The summed E-state index contributed by atoms with van der Waals surface area (Å²) in [5.41, 5.74) is 9.87. The van der Waals surface area contributed by atoms with Crippen molar-refractivity contribution in [1.29, 1.82) is 0 Å². The third-order valence-corrected chi connectivity index (χ3v) is 7.46. The van der Waals surface area contributed by atoms with Gasteiger partial charge in [0.25, 0.3) is 0 Å². The van der Waals surface area contributed by atoms with E-state index in [4.69, 9.17) is 4.74 Å². The number of piperidine rings is 1. The van der Waals surface area contributed by atoms with Crippen molar-refractivity contribution < 1.29 is 9.53 Å². The number of aryl methyl sites for hydroxylation is 3. The molecule has 196 valence electrons.